The quantitative estimate of drug-likeness (QED) is 0.424. The Morgan fingerprint density at radius 2 is 2.14 bits per heavy atom. The molecule has 1 unspecified atom stereocenters. The van der Waals surface area contributed by atoms with E-state index < -0.39 is 11.6 Å². The molecule has 0 saturated heterocycles. The molecule has 3 aromatic rings. The summed E-state index contributed by atoms with van der Waals surface area (Å²) in [6.45, 7) is 1.78. The Kier molecular flexibility index (Phi) is 3.33. The van der Waals surface area contributed by atoms with Crippen molar-refractivity contribution in [3.8, 4) is 11.4 Å². The minimum Gasteiger partial charge on any atom is -0.458 e. The number of ether oxygens (including phenoxy) is 1. The monoisotopic (exact) mass is 377 g/mol. The molecule has 0 radical (unpaired) electrons. The first-order valence-electron chi connectivity index (χ1n) is 8.91. The number of nitrogens with zero attached hydrogens (tertiary/aromatic N) is 3. The topological polar surface area (TPSA) is 111 Å². The number of carbonyl (C=O) groups excluding carboxylic acids is 1. The zero-order valence-corrected chi connectivity index (χ0v) is 14.9. The second kappa shape index (κ2) is 5.56. The molecule has 1 atom stereocenters. The van der Waals surface area contributed by atoms with Gasteiger partial charge in [-0.15, -0.1) is 4.91 Å². The Morgan fingerprint density at radius 1 is 1.32 bits per heavy atom. The van der Waals surface area contributed by atoms with Crippen LogP contribution in [0.3, 0.4) is 0 Å². The van der Waals surface area contributed by atoms with Gasteiger partial charge in [-0.25, -0.2) is 9.78 Å². The van der Waals surface area contributed by atoms with E-state index in [9.17, 15) is 19.6 Å². The summed E-state index contributed by atoms with van der Waals surface area (Å²) in [6, 6.07) is 8.55. The van der Waals surface area contributed by atoms with Gasteiger partial charge < -0.3 is 14.4 Å². The number of fused-ring (bicyclic) bond motifs is 5. The first-order chi connectivity index (χ1) is 13.5. The van der Waals surface area contributed by atoms with E-state index in [0.717, 1.165) is 5.56 Å². The normalized spacial score (nSPS) is 19.7. The molecule has 0 bridgehead atoms. The average molecular weight is 377 g/mol. The summed E-state index contributed by atoms with van der Waals surface area (Å²) in [4.78, 5) is 41.0. The first-order valence-corrected chi connectivity index (χ1v) is 8.91. The highest BCUT2D eigenvalue weighted by molar-refractivity contribution is 5.93. The van der Waals surface area contributed by atoms with E-state index in [1.807, 2.05) is 6.07 Å². The molecule has 2 aliphatic rings. The van der Waals surface area contributed by atoms with Gasteiger partial charge in [0.2, 0.25) is 0 Å². The van der Waals surface area contributed by atoms with Gasteiger partial charge in [0.25, 0.3) is 5.56 Å². The van der Waals surface area contributed by atoms with Gasteiger partial charge in [-0.1, -0.05) is 13.0 Å². The van der Waals surface area contributed by atoms with Crippen LogP contribution in [0.25, 0.3) is 22.3 Å². The van der Waals surface area contributed by atoms with Crippen LogP contribution in [0.15, 0.2) is 40.3 Å². The molecule has 0 aliphatic carbocycles. The molecule has 0 amide bonds. The third-order valence-electron chi connectivity index (χ3n) is 5.63. The SMILES string of the molecule is CCC1(O)C(=O)OCc2c1cc1n(c2=O)Cc2cc3c(N=O)cccc3nc2-1. The molecule has 2 aliphatic heterocycles. The van der Waals surface area contributed by atoms with Gasteiger partial charge in [-0.2, -0.15) is 0 Å². The molecule has 4 heterocycles. The van der Waals surface area contributed by atoms with E-state index in [2.05, 4.69) is 10.2 Å². The molecular weight excluding hydrogens is 362 g/mol. The Morgan fingerprint density at radius 3 is 2.89 bits per heavy atom. The van der Waals surface area contributed by atoms with E-state index >= 15 is 0 Å². The lowest BCUT2D eigenvalue weighted by Gasteiger charge is -2.31. The van der Waals surface area contributed by atoms with E-state index in [1.165, 1.54) is 0 Å². The number of esters is 1. The lowest BCUT2D eigenvalue weighted by Crippen LogP contribution is -2.44. The molecule has 8 nitrogen and oxygen atoms in total. The van der Waals surface area contributed by atoms with Crippen LogP contribution in [-0.4, -0.2) is 20.6 Å². The number of carbonyl (C=O) groups is 1. The molecular formula is C20H15N3O5. The number of hydrogen-bond donors (Lipinski definition) is 1. The van der Waals surface area contributed by atoms with Gasteiger partial charge in [0.05, 0.1) is 29.0 Å². The fraction of sp³-hybridized carbons (Fsp3) is 0.250. The zero-order chi connectivity index (χ0) is 19.6. The van der Waals surface area contributed by atoms with Crippen molar-refractivity contribution in [2.45, 2.75) is 32.1 Å². The van der Waals surface area contributed by atoms with E-state index in [-0.39, 0.29) is 41.9 Å². The van der Waals surface area contributed by atoms with Crippen molar-refractivity contribution < 1.29 is 14.6 Å². The minimum atomic E-state index is -1.85. The third-order valence-corrected chi connectivity index (χ3v) is 5.63. The fourth-order valence-corrected chi connectivity index (χ4v) is 4.07. The number of aliphatic hydroxyl groups is 1. The summed E-state index contributed by atoms with van der Waals surface area (Å²) in [5.74, 6) is -0.752. The highest BCUT2D eigenvalue weighted by Gasteiger charge is 2.45. The molecule has 1 N–H and O–H groups in total. The standard InChI is InChI=1S/C20H15N3O5/c1-2-20(26)13-7-16-17-10(6-11-14(21-17)4-3-5-15(11)22-27)8-23(16)18(24)12(13)9-28-19(20)25/h3-7,26H,2,8-9H2,1H3. The molecule has 8 heteroatoms. The molecule has 0 fully saturated rings. The Hall–Kier alpha value is -3.39. The van der Waals surface area contributed by atoms with Gasteiger partial charge in [-0.3, -0.25) is 4.79 Å². The fourth-order valence-electron chi connectivity index (χ4n) is 4.07. The predicted molar refractivity (Wildman–Crippen MR) is 100.0 cm³/mol. The van der Waals surface area contributed by atoms with Crippen molar-refractivity contribution in [1.29, 1.82) is 0 Å². The molecule has 5 rings (SSSR count). The van der Waals surface area contributed by atoms with Gasteiger partial charge in [0.15, 0.2) is 5.60 Å². The highest BCUT2D eigenvalue weighted by atomic mass is 16.6. The second-order valence-corrected chi connectivity index (χ2v) is 7.03. The summed E-state index contributed by atoms with van der Waals surface area (Å²) in [6.07, 6.45) is 0.0914. The number of benzene rings is 1. The zero-order valence-electron chi connectivity index (χ0n) is 14.9. The Bertz CT molecular complexity index is 1260. The first kappa shape index (κ1) is 16.8. The largest absolute Gasteiger partial charge is 0.458 e. The van der Waals surface area contributed by atoms with Crippen LogP contribution in [0.4, 0.5) is 5.69 Å². The van der Waals surface area contributed by atoms with Crippen LogP contribution >= 0.6 is 0 Å². The van der Waals surface area contributed by atoms with Crippen LogP contribution in [0.5, 0.6) is 0 Å². The number of cyclic esters (lactones) is 1. The maximum Gasteiger partial charge on any atom is 0.343 e. The summed E-state index contributed by atoms with van der Waals surface area (Å²) < 4.78 is 6.61. The Labute approximate surface area is 158 Å². The van der Waals surface area contributed by atoms with Crippen LogP contribution in [0, 0.1) is 4.91 Å². The maximum atomic E-state index is 13.1. The summed E-state index contributed by atoms with van der Waals surface area (Å²) in [7, 11) is 0. The predicted octanol–water partition coefficient (Wildman–Crippen LogP) is 2.48. The van der Waals surface area contributed by atoms with Crippen LogP contribution in [0.2, 0.25) is 0 Å². The van der Waals surface area contributed by atoms with Crippen LogP contribution in [-0.2, 0) is 28.3 Å². The van der Waals surface area contributed by atoms with Crippen molar-refractivity contribution in [1.82, 2.24) is 9.55 Å². The lowest BCUT2D eigenvalue weighted by molar-refractivity contribution is -0.172. The Balaban J connectivity index is 1.80. The second-order valence-electron chi connectivity index (χ2n) is 7.03. The molecule has 0 saturated carbocycles. The van der Waals surface area contributed by atoms with Gasteiger partial charge in [0.1, 0.15) is 12.3 Å². The number of hydrogen-bond acceptors (Lipinski definition) is 7. The smallest absolute Gasteiger partial charge is 0.343 e. The maximum absolute atomic E-state index is 13.1. The lowest BCUT2D eigenvalue weighted by atomic mass is 9.86. The van der Waals surface area contributed by atoms with Crippen molar-refractivity contribution in [2.75, 3.05) is 0 Å². The molecule has 28 heavy (non-hydrogen) atoms. The van der Waals surface area contributed by atoms with Crippen molar-refractivity contribution in [2.24, 2.45) is 5.18 Å². The number of rotatable bonds is 2. The number of aromatic nitrogens is 2. The minimum absolute atomic E-state index is 0.0914. The number of nitroso groups, excluding NO2 is 1. The average Bonchev–Trinajstić information content (AvgIpc) is 3.07. The number of pyridine rings is 2. The van der Waals surface area contributed by atoms with Gasteiger partial charge in [-0.05, 0) is 35.9 Å². The summed E-state index contributed by atoms with van der Waals surface area (Å²) in [5, 5.41) is 14.5. The molecule has 140 valence electrons. The van der Waals surface area contributed by atoms with Crippen LogP contribution in [0.1, 0.15) is 30.0 Å². The third kappa shape index (κ3) is 2.00. The van der Waals surface area contributed by atoms with Crippen LogP contribution < -0.4 is 5.56 Å². The highest BCUT2D eigenvalue weighted by Crippen LogP contribution is 2.39. The van der Waals surface area contributed by atoms with E-state index in [1.54, 1.807) is 35.8 Å². The molecule has 2 aromatic heterocycles. The van der Waals surface area contributed by atoms with E-state index in [4.69, 9.17) is 4.74 Å². The summed E-state index contributed by atoms with van der Waals surface area (Å²) in [5.41, 5.74) is 1.16. The molecule has 1 aromatic carbocycles. The molecule has 0 spiro atoms. The van der Waals surface area contributed by atoms with Gasteiger partial charge in [0, 0.05) is 16.5 Å². The summed E-state index contributed by atoms with van der Waals surface area (Å²) >= 11 is 0. The van der Waals surface area contributed by atoms with Crippen molar-refractivity contribution in [3.63, 3.8) is 0 Å². The van der Waals surface area contributed by atoms with Gasteiger partial charge >= 0.3 is 5.97 Å². The van der Waals surface area contributed by atoms with Crippen molar-refractivity contribution in [3.05, 3.63) is 62.3 Å². The van der Waals surface area contributed by atoms with Crippen molar-refractivity contribution >= 4 is 22.6 Å². The van der Waals surface area contributed by atoms with E-state index in [0.29, 0.717) is 22.3 Å².